The fraction of sp³-hybridized carbons (Fsp3) is 0.188. The quantitative estimate of drug-likeness (QED) is 0.770. The van der Waals surface area contributed by atoms with E-state index in [4.69, 9.17) is 9.47 Å². The second kappa shape index (κ2) is 6.57. The average Bonchev–Trinajstić information content (AvgIpc) is 2.46. The van der Waals surface area contributed by atoms with Crippen LogP contribution in [0.4, 0.5) is 0 Å². The molecule has 2 aromatic rings. The van der Waals surface area contributed by atoms with Crippen LogP contribution in [-0.2, 0) is 6.61 Å². The maximum atomic E-state index is 11.2. The highest BCUT2D eigenvalue weighted by atomic mass is 79.9. The summed E-state index contributed by atoms with van der Waals surface area (Å²) in [7, 11) is 1.55. The predicted octanol–water partition coefficient (Wildman–Crippen LogP) is 4.16. The summed E-state index contributed by atoms with van der Waals surface area (Å²) in [5.41, 5.74) is 2.69. The molecular formula is C16H15BrO3. The Morgan fingerprint density at radius 1 is 1.15 bits per heavy atom. The van der Waals surface area contributed by atoms with Crippen LogP contribution in [0.15, 0.2) is 40.9 Å². The van der Waals surface area contributed by atoms with Crippen molar-refractivity contribution in [2.24, 2.45) is 0 Å². The van der Waals surface area contributed by atoms with Gasteiger partial charge in [0.05, 0.1) is 12.7 Å². The van der Waals surface area contributed by atoms with Crippen molar-refractivity contribution >= 4 is 22.2 Å². The van der Waals surface area contributed by atoms with Crippen LogP contribution in [0.1, 0.15) is 21.5 Å². The summed E-state index contributed by atoms with van der Waals surface area (Å²) in [6.07, 6.45) is 0.761. The zero-order chi connectivity index (χ0) is 14.5. The molecule has 0 aliphatic heterocycles. The van der Waals surface area contributed by atoms with Gasteiger partial charge in [0.2, 0.25) is 0 Å². The van der Waals surface area contributed by atoms with Gasteiger partial charge in [-0.1, -0.05) is 29.8 Å². The number of methoxy groups -OCH3 is 1. The summed E-state index contributed by atoms with van der Waals surface area (Å²) < 4.78 is 11.7. The van der Waals surface area contributed by atoms with E-state index in [0.29, 0.717) is 28.1 Å². The highest BCUT2D eigenvalue weighted by molar-refractivity contribution is 9.10. The maximum absolute atomic E-state index is 11.2. The molecule has 0 fully saturated rings. The number of hydrogen-bond donors (Lipinski definition) is 0. The number of rotatable bonds is 5. The molecule has 0 saturated heterocycles. The van der Waals surface area contributed by atoms with E-state index in [1.54, 1.807) is 19.2 Å². The van der Waals surface area contributed by atoms with Crippen LogP contribution < -0.4 is 9.47 Å². The number of aryl methyl sites for hydroxylation is 1. The Morgan fingerprint density at radius 3 is 2.45 bits per heavy atom. The topological polar surface area (TPSA) is 35.5 Å². The van der Waals surface area contributed by atoms with E-state index in [1.165, 1.54) is 5.56 Å². The number of carbonyl (C=O) groups is 1. The van der Waals surface area contributed by atoms with E-state index >= 15 is 0 Å². The Bertz CT molecular complexity index is 606. The highest BCUT2D eigenvalue weighted by Gasteiger charge is 2.14. The number of ether oxygens (including phenoxy) is 2. The van der Waals surface area contributed by atoms with E-state index in [-0.39, 0.29) is 0 Å². The maximum Gasteiger partial charge on any atom is 0.173 e. The molecule has 2 aromatic carbocycles. The van der Waals surface area contributed by atoms with Gasteiger partial charge in [-0.15, -0.1) is 0 Å². The van der Waals surface area contributed by atoms with Gasteiger partial charge in [0, 0.05) is 4.47 Å². The minimum absolute atomic E-state index is 0.383. The smallest absolute Gasteiger partial charge is 0.173 e. The van der Waals surface area contributed by atoms with Gasteiger partial charge in [-0.2, -0.15) is 0 Å². The number of hydrogen-bond acceptors (Lipinski definition) is 3. The SMILES string of the molecule is COc1ccc(Br)c(C=O)c1OCc1ccc(C)cc1. The first-order valence-corrected chi connectivity index (χ1v) is 6.95. The van der Waals surface area contributed by atoms with Gasteiger partial charge < -0.3 is 9.47 Å². The molecule has 0 amide bonds. The van der Waals surface area contributed by atoms with Crippen molar-refractivity contribution in [1.82, 2.24) is 0 Å². The van der Waals surface area contributed by atoms with Gasteiger partial charge >= 0.3 is 0 Å². The fourth-order valence-electron chi connectivity index (χ4n) is 1.81. The number of halogens is 1. The van der Waals surface area contributed by atoms with Crippen molar-refractivity contribution in [2.75, 3.05) is 7.11 Å². The van der Waals surface area contributed by atoms with Crippen LogP contribution in [0.2, 0.25) is 0 Å². The third-order valence-electron chi connectivity index (χ3n) is 2.95. The van der Waals surface area contributed by atoms with Crippen molar-refractivity contribution in [2.45, 2.75) is 13.5 Å². The number of benzene rings is 2. The van der Waals surface area contributed by atoms with Crippen LogP contribution in [0.25, 0.3) is 0 Å². The first-order valence-electron chi connectivity index (χ1n) is 6.15. The molecule has 0 bridgehead atoms. The van der Waals surface area contributed by atoms with Gasteiger partial charge in [0.25, 0.3) is 0 Å². The Kier molecular flexibility index (Phi) is 4.79. The molecule has 0 spiro atoms. The molecule has 20 heavy (non-hydrogen) atoms. The van der Waals surface area contributed by atoms with Crippen LogP contribution in [0.3, 0.4) is 0 Å². The third-order valence-corrected chi connectivity index (χ3v) is 3.64. The van der Waals surface area contributed by atoms with E-state index < -0.39 is 0 Å². The third kappa shape index (κ3) is 3.20. The van der Waals surface area contributed by atoms with E-state index in [0.717, 1.165) is 11.8 Å². The number of aldehydes is 1. The highest BCUT2D eigenvalue weighted by Crippen LogP contribution is 2.35. The molecule has 0 atom stereocenters. The molecule has 0 aliphatic carbocycles. The Morgan fingerprint density at radius 2 is 1.85 bits per heavy atom. The van der Waals surface area contributed by atoms with Crippen molar-refractivity contribution in [3.63, 3.8) is 0 Å². The Labute approximate surface area is 126 Å². The molecule has 0 unspecified atom stereocenters. The molecule has 3 nitrogen and oxygen atoms in total. The zero-order valence-corrected chi connectivity index (χ0v) is 12.9. The lowest BCUT2D eigenvalue weighted by Crippen LogP contribution is -2.01. The standard InChI is InChI=1S/C16H15BrO3/c1-11-3-5-12(6-4-11)10-20-16-13(9-18)14(17)7-8-15(16)19-2/h3-9H,10H2,1-2H3. The number of carbonyl (C=O) groups excluding carboxylic acids is 1. The monoisotopic (exact) mass is 334 g/mol. The van der Waals surface area contributed by atoms with Crippen molar-refractivity contribution in [3.8, 4) is 11.5 Å². The zero-order valence-electron chi connectivity index (χ0n) is 11.4. The molecule has 0 aliphatic rings. The summed E-state index contributed by atoms with van der Waals surface area (Å²) in [4.78, 5) is 11.2. The Balaban J connectivity index is 2.25. The van der Waals surface area contributed by atoms with Crippen LogP contribution in [0, 0.1) is 6.92 Å². The lowest BCUT2D eigenvalue weighted by molar-refractivity contribution is 0.111. The van der Waals surface area contributed by atoms with Gasteiger partial charge in [-0.3, -0.25) is 4.79 Å². The van der Waals surface area contributed by atoms with Crippen molar-refractivity contribution < 1.29 is 14.3 Å². The lowest BCUT2D eigenvalue weighted by atomic mass is 10.1. The van der Waals surface area contributed by atoms with Gasteiger partial charge in [-0.05, 0) is 40.5 Å². The minimum atomic E-state index is 0.383. The molecular weight excluding hydrogens is 320 g/mol. The minimum Gasteiger partial charge on any atom is -0.493 e. The van der Waals surface area contributed by atoms with Gasteiger partial charge in [0.1, 0.15) is 6.61 Å². The average molecular weight is 335 g/mol. The summed E-state index contributed by atoms with van der Waals surface area (Å²) in [6, 6.07) is 11.6. The molecule has 0 radical (unpaired) electrons. The molecule has 104 valence electrons. The summed E-state index contributed by atoms with van der Waals surface area (Å²) in [5, 5.41) is 0. The normalized spacial score (nSPS) is 10.2. The lowest BCUT2D eigenvalue weighted by Gasteiger charge is -2.13. The van der Waals surface area contributed by atoms with E-state index in [1.807, 2.05) is 31.2 Å². The first-order chi connectivity index (χ1) is 9.65. The predicted molar refractivity (Wildman–Crippen MR) is 81.6 cm³/mol. The molecule has 4 heteroatoms. The molecule has 0 saturated carbocycles. The molecule has 0 N–H and O–H groups in total. The van der Waals surface area contributed by atoms with E-state index in [9.17, 15) is 4.79 Å². The van der Waals surface area contributed by atoms with Gasteiger partial charge in [-0.25, -0.2) is 0 Å². The molecule has 2 rings (SSSR count). The van der Waals surface area contributed by atoms with Crippen LogP contribution in [-0.4, -0.2) is 13.4 Å². The van der Waals surface area contributed by atoms with E-state index in [2.05, 4.69) is 15.9 Å². The fourth-order valence-corrected chi connectivity index (χ4v) is 2.22. The second-order valence-corrected chi connectivity index (χ2v) is 5.24. The summed E-state index contributed by atoms with van der Waals surface area (Å²) in [6.45, 7) is 2.42. The van der Waals surface area contributed by atoms with Crippen LogP contribution >= 0.6 is 15.9 Å². The van der Waals surface area contributed by atoms with Crippen molar-refractivity contribution in [1.29, 1.82) is 0 Å². The first kappa shape index (κ1) is 14.6. The molecule has 0 heterocycles. The second-order valence-electron chi connectivity index (χ2n) is 4.38. The molecule has 0 aromatic heterocycles. The van der Waals surface area contributed by atoms with Gasteiger partial charge in [0.15, 0.2) is 17.8 Å². The van der Waals surface area contributed by atoms with Crippen LogP contribution in [0.5, 0.6) is 11.5 Å². The Hall–Kier alpha value is -1.81. The largest absolute Gasteiger partial charge is 0.493 e. The van der Waals surface area contributed by atoms with Crippen molar-refractivity contribution in [3.05, 3.63) is 57.6 Å². The summed E-state index contributed by atoms with van der Waals surface area (Å²) in [5.74, 6) is 1.000. The summed E-state index contributed by atoms with van der Waals surface area (Å²) >= 11 is 3.34.